The number of ether oxygens (including phenoxy) is 1. The van der Waals surface area contributed by atoms with Crippen molar-refractivity contribution in [2.24, 2.45) is 0 Å². The maximum atomic E-state index is 12.8. The molecule has 8 heteroatoms. The van der Waals surface area contributed by atoms with Gasteiger partial charge in [-0.2, -0.15) is 0 Å². The highest BCUT2D eigenvalue weighted by Gasteiger charge is 2.30. The Labute approximate surface area is 200 Å². The van der Waals surface area contributed by atoms with Crippen LogP contribution in [0.25, 0.3) is 11.1 Å². The molecule has 8 nitrogen and oxygen atoms in total. The van der Waals surface area contributed by atoms with Crippen LogP contribution in [0, 0.1) is 0 Å². The Morgan fingerprint density at radius 3 is 2.09 bits per heavy atom. The molecule has 0 fully saturated rings. The molecule has 2 unspecified atom stereocenters. The number of carboxylic acids is 1. The van der Waals surface area contributed by atoms with E-state index in [-0.39, 0.29) is 19.1 Å². The molecule has 1 aliphatic rings. The number of hydrogen-bond donors (Lipinski definition) is 3. The fourth-order valence-electron chi connectivity index (χ4n) is 4.28. The van der Waals surface area contributed by atoms with Crippen molar-refractivity contribution in [1.29, 1.82) is 0 Å². The minimum Gasteiger partial charge on any atom is -0.480 e. The van der Waals surface area contributed by atoms with E-state index < -0.39 is 30.1 Å². The van der Waals surface area contributed by atoms with Crippen molar-refractivity contribution in [2.45, 2.75) is 44.2 Å². The van der Waals surface area contributed by atoms with Gasteiger partial charge in [0.25, 0.3) is 0 Å². The Morgan fingerprint density at radius 2 is 1.56 bits per heavy atom. The van der Waals surface area contributed by atoms with E-state index in [1.54, 1.807) is 19.0 Å². The van der Waals surface area contributed by atoms with E-state index in [9.17, 15) is 19.5 Å². The molecule has 0 aliphatic heterocycles. The number of carbonyl (C=O) groups is 3. The van der Waals surface area contributed by atoms with Crippen LogP contribution < -0.4 is 10.6 Å². The second kappa shape index (κ2) is 11.7. The smallest absolute Gasteiger partial charge is 0.407 e. The topological polar surface area (TPSA) is 108 Å². The summed E-state index contributed by atoms with van der Waals surface area (Å²) in [5.41, 5.74) is 4.47. The highest BCUT2D eigenvalue weighted by molar-refractivity contribution is 5.89. The predicted molar refractivity (Wildman–Crippen MR) is 130 cm³/mol. The van der Waals surface area contributed by atoms with Crippen molar-refractivity contribution in [2.75, 3.05) is 27.2 Å². The molecule has 1 aliphatic carbocycles. The minimum absolute atomic E-state index is 0.0856. The number of likely N-dealkylation sites (N-methyl/N-ethyl adjacent to an activating group) is 1. The first kappa shape index (κ1) is 25.2. The zero-order valence-corrected chi connectivity index (χ0v) is 19.9. The Hall–Kier alpha value is -3.39. The molecule has 2 aromatic carbocycles. The molecule has 3 N–H and O–H groups in total. The van der Waals surface area contributed by atoms with Crippen LogP contribution in [0.2, 0.25) is 0 Å². The first-order valence-electron chi connectivity index (χ1n) is 11.6. The summed E-state index contributed by atoms with van der Waals surface area (Å²) in [4.78, 5) is 38.7. The lowest BCUT2D eigenvalue weighted by Gasteiger charge is -2.23. The molecule has 3 rings (SSSR count). The van der Waals surface area contributed by atoms with Gasteiger partial charge in [-0.1, -0.05) is 68.3 Å². The van der Waals surface area contributed by atoms with E-state index in [1.165, 1.54) is 0 Å². The standard InChI is InChI=1S/C26H33N3O5/c1-4-5-14-22(24(30)27-23(25(31)32)15-29(2)3)28-26(33)34-16-21-19-12-8-6-10-17(19)18-11-7-9-13-20(18)21/h6-13,21-23H,4-5,14-16H2,1-3H3,(H,27,30)(H,28,33)(H,31,32). The Kier molecular flexibility index (Phi) is 8.65. The molecular formula is C26H33N3O5. The molecule has 0 aromatic heterocycles. The van der Waals surface area contributed by atoms with Crippen LogP contribution in [-0.2, 0) is 14.3 Å². The summed E-state index contributed by atoms with van der Waals surface area (Å²) in [5, 5.41) is 14.6. The number of hydrogen-bond acceptors (Lipinski definition) is 5. The van der Waals surface area contributed by atoms with Crippen molar-refractivity contribution >= 4 is 18.0 Å². The largest absolute Gasteiger partial charge is 0.480 e. The van der Waals surface area contributed by atoms with Crippen molar-refractivity contribution in [3.05, 3.63) is 59.7 Å². The average Bonchev–Trinajstić information content (AvgIpc) is 3.13. The van der Waals surface area contributed by atoms with E-state index in [1.807, 2.05) is 43.3 Å². The molecule has 2 amide bonds. The predicted octanol–water partition coefficient (Wildman–Crippen LogP) is 3.21. The Morgan fingerprint density at radius 1 is 0.971 bits per heavy atom. The highest BCUT2D eigenvalue weighted by Crippen LogP contribution is 2.44. The summed E-state index contributed by atoms with van der Waals surface area (Å²) in [5.74, 6) is -1.74. The monoisotopic (exact) mass is 467 g/mol. The van der Waals surface area contributed by atoms with Gasteiger partial charge in [-0.25, -0.2) is 9.59 Å². The average molecular weight is 468 g/mol. The lowest BCUT2D eigenvalue weighted by molar-refractivity contribution is -0.142. The number of fused-ring (bicyclic) bond motifs is 3. The van der Waals surface area contributed by atoms with E-state index in [2.05, 4.69) is 22.8 Å². The fraction of sp³-hybridized carbons (Fsp3) is 0.423. The van der Waals surface area contributed by atoms with Crippen LogP contribution in [0.3, 0.4) is 0 Å². The van der Waals surface area contributed by atoms with Gasteiger partial charge in [0.15, 0.2) is 0 Å². The minimum atomic E-state index is -1.13. The number of aliphatic carboxylic acids is 1. The zero-order valence-electron chi connectivity index (χ0n) is 19.9. The van der Waals surface area contributed by atoms with Gasteiger partial charge in [0.1, 0.15) is 18.7 Å². The molecule has 0 saturated carbocycles. The van der Waals surface area contributed by atoms with Gasteiger partial charge in [0, 0.05) is 12.5 Å². The van der Waals surface area contributed by atoms with E-state index in [4.69, 9.17) is 4.74 Å². The first-order valence-corrected chi connectivity index (χ1v) is 11.6. The van der Waals surface area contributed by atoms with E-state index >= 15 is 0 Å². The number of nitrogens with zero attached hydrogens (tertiary/aromatic N) is 1. The van der Waals surface area contributed by atoms with Crippen molar-refractivity contribution in [3.8, 4) is 11.1 Å². The summed E-state index contributed by atoms with van der Waals surface area (Å²) in [7, 11) is 3.46. The maximum Gasteiger partial charge on any atom is 0.407 e. The second-order valence-corrected chi connectivity index (χ2v) is 8.83. The summed E-state index contributed by atoms with van der Waals surface area (Å²) >= 11 is 0. The number of unbranched alkanes of at least 4 members (excludes halogenated alkanes) is 1. The van der Waals surface area contributed by atoms with Crippen molar-refractivity contribution in [3.63, 3.8) is 0 Å². The molecule has 0 heterocycles. The van der Waals surface area contributed by atoms with Gasteiger partial charge in [-0.3, -0.25) is 4.79 Å². The lowest BCUT2D eigenvalue weighted by Crippen LogP contribution is -2.54. The van der Waals surface area contributed by atoms with Crippen molar-refractivity contribution < 1.29 is 24.2 Å². The number of benzene rings is 2. The molecule has 34 heavy (non-hydrogen) atoms. The lowest BCUT2D eigenvalue weighted by atomic mass is 9.98. The van der Waals surface area contributed by atoms with E-state index in [0.29, 0.717) is 12.8 Å². The van der Waals surface area contributed by atoms with Gasteiger partial charge >= 0.3 is 12.1 Å². The molecule has 0 bridgehead atoms. The number of carbonyl (C=O) groups excluding carboxylic acids is 2. The summed E-state index contributed by atoms with van der Waals surface area (Å²) in [6.07, 6.45) is 1.22. The van der Waals surface area contributed by atoms with Crippen molar-refractivity contribution in [1.82, 2.24) is 15.5 Å². The number of rotatable bonds is 11. The molecule has 0 saturated heterocycles. The van der Waals surface area contributed by atoms with Crippen LogP contribution in [-0.4, -0.2) is 67.3 Å². The van der Waals surface area contributed by atoms with Crippen LogP contribution in [0.5, 0.6) is 0 Å². The highest BCUT2D eigenvalue weighted by atomic mass is 16.5. The van der Waals surface area contributed by atoms with Gasteiger partial charge in [0.05, 0.1) is 0 Å². The molecular weight excluding hydrogens is 434 g/mol. The van der Waals surface area contributed by atoms with E-state index in [0.717, 1.165) is 28.7 Å². The third-order valence-electron chi connectivity index (χ3n) is 5.96. The molecule has 2 atom stereocenters. The Balaban J connectivity index is 1.65. The van der Waals surface area contributed by atoms with Crippen LogP contribution >= 0.6 is 0 Å². The maximum absolute atomic E-state index is 12.8. The van der Waals surface area contributed by atoms with Crippen LogP contribution in [0.15, 0.2) is 48.5 Å². The molecule has 0 spiro atoms. The number of carboxylic acid groups (broad SMARTS) is 1. The van der Waals surface area contributed by atoms with Gasteiger partial charge < -0.3 is 25.4 Å². The summed E-state index contributed by atoms with van der Waals surface area (Å²) < 4.78 is 5.56. The molecule has 0 radical (unpaired) electrons. The summed E-state index contributed by atoms with van der Waals surface area (Å²) in [6.45, 7) is 2.27. The molecule has 182 valence electrons. The van der Waals surface area contributed by atoms with Gasteiger partial charge in [-0.05, 0) is 42.8 Å². The van der Waals surface area contributed by atoms with Gasteiger partial charge in [0.2, 0.25) is 5.91 Å². The summed E-state index contributed by atoms with van der Waals surface area (Å²) in [6, 6.07) is 14.2. The molecule has 2 aromatic rings. The third-order valence-corrected chi connectivity index (χ3v) is 5.96. The normalized spacial score (nSPS) is 14.1. The first-order chi connectivity index (χ1) is 16.3. The third kappa shape index (κ3) is 6.14. The zero-order chi connectivity index (χ0) is 24.7. The van der Waals surface area contributed by atoms with Gasteiger partial charge in [-0.15, -0.1) is 0 Å². The second-order valence-electron chi connectivity index (χ2n) is 8.83. The van der Waals surface area contributed by atoms with Crippen LogP contribution in [0.4, 0.5) is 4.79 Å². The number of alkyl carbamates (subject to hydrolysis) is 1. The number of nitrogens with one attached hydrogen (secondary N) is 2. The number of amides is 2. The quantitative estimate of drug-likeness (QED) is 0.468. The van der Waals surface area contributed by atoms with Crippen LogP contribution in [0.1, 0.15) is 43.2 Å². The fourth-order valence-corrected chi connectivity index (χ4v) is 4.28. The Bertz CT molecular complexity index is 978. The SMILES string of the molecule is CCCCC(NC(=O)OCC1c2ccccc2-c2ccccc21)C(=O)NC(CN(C)C)C(=O)O.